The predicted molar refractivity (Wildman–Crippen MR) is 69.3 cm³/mol. The maximum Gasteiger partial charge on any atom is 0.433 e. The van der Waals surface area contributed by atoms with Crippen LogP contribution in [0.5, 0.6) is 0 Å². The maximum atomic E-state index is 12.7. The van der Waals surface area contributed by atoms with E-state index in [0.29, 0.717) is 39.4 Å². The van der Waals surface area contributed by atoms with Gasteiger partial charge in [0.1, 0.15) is 5.69 Å². The van der Waals surface area contributed by atoms with Crippen molar-refractivity contribution in [3.63, 3.8) is 0 Å². The number of hydrogen-bond acceptors (Lipinski definition) is 4. The van der Waals surface area contributed by atoms with E-state index < -0.39 is 23.3 Å². The Hall–Kier alpha value is -1.67. The number of carbonyl (C=O) groups excluding carboxylic acids is 1. The molecule has 1 atom stereocenters. The second kappa shape index (κ2) is 5.51. The first-order valence-electron chi connectivity index (χ1n) is 6.93. The molecule has 2 saturated heterocycles. The van der Waals surface area contributed by atoms with Crippen LogP contribution in [0.4, 0.5) is 13.2 Å². The predicted octanol–water partition coefficient (Wildman–Crippen LogP) is 1.73. The topological polar surface area (TPSA) is 51.7 Å². The summed E-state index contributed by atoms with van der Waals surface area (Å²) in [5.41, 5.74) is -1.66. The molecule has 0 aliphatic carbocycles. The van der Waals surface area contributed by atoms with Gasteiger partial charge < -0.3 is 14.4 Å². The lowest BCUT2D eigenvalue weighted by Crippen LogP contribution is -2.59. The van der Waals surface area contributed by atoms with Crippen molar-refractivity contribution in [3.05, 3.63) is 29.6 Å². The largest absolute Gasteiger partial charge is 0.433 e. The normalized spacial score (nSPS) is 25.7. The smallest absolute Gasteiger partial charge is 0.379 e. The van der Waals surface area contributed by atoms with Crippen LogP contribution >= 0.6 is 0 Å². The van der Waals surface area contributed by atoms with Crippen LogP contribution in [0.25, 0.3) is 0 Å². The van der Waals surface area contributed by atoms with Gasteiger partial charge in [-0.25, -0.2) is 0 Å². The van der Waals surface area contributed by atoms with Gasteiger partial charge in [0.25, 0.3) is 5.91 Å². The molecule has 1 amide bonds. The average Bonchev–Trinajstić information content (AvgIpc) is 2.95. The molecule has 0 N–H and O–H groups in total. The van der Waals surface area contributed by atoms with Gasteiger partial charge >= 0.3 is 6.18 Å². The van der Waals surface area contributed by atoms with Crippen molar-refractivity contribution in [1.82, 2.24) is 9.88 Å². The van der Waals surface area contributed by atoms with Gasteiger partial charge in [-0.3, -0.25) is 9.78 Å². The first kappa shape index (κ1) is 15.2. The van der Waals surface area contributed by atoms with Gasteiger partial charge in [-0.15, -0.1) is 0 Å². The maximum absolute atomic E-state index is 12.7. The lowest BCUT2D eigenvalue weighted by molar-refractivity contribution is -0.141. The van der Waals surface area contributed by atoms with Crippen molar-refractivity contribution in [1.29, 1.82) is 0 Å². The third-order valence-electron chi connectivity index (χ3n) is 4.03. The minimum absolute atomic E-state index is 0.0181. The van der Waals surface area contributed by atoms with E-state index in [0.717, 1.165) is 12.3 Å². The molecule has 2 fully saturated rings. The average molecular weight is 316 g/mol. The van der Waals surface area contributed by atoms with Crippen molar-refractivity contribution in [2.45, 2.75) is 18.1 Å². The Morgan fingerprint density at radius 2 is 2.00 bits per heavy atom. The fraction of sp³-hybridized carbons (Fsp3) is 0.571. The summed E-state index contributed by atoms with van der Waals surface area (Å²) in [4.78, 5) is 17.5. The van der Waals surface area contributed by atoms with Crippen molar-refractivity contribution >= 4 is 5.91 Å². The molecule has 0 aromatic carbocycles. The number of amides is 1. The zero-order valence-electron chi connectivity index (χ0n) is 11.7. The number of carbonyl (C=O) groups is 1. The summed E-state index contributed by atoms with van der Waals surface area (Å²) in [5.74, 6) is -0.443. The zero-order valence-corrected chi connectivity index (χ0v) is 11.7. The molecule has 0 saturated carbocycles. The van der Waals surface area contributed by atoms with Crippen LogP contribution in [0.15, 0.2) is 18.3 Å². The van der Waals surface area contributed by atoms with E-state index in [1.807, 2.05) is 0 Å². The van der Waals surface area contributed by atoms with Gasteiger partial charge in [0.05, 0.1) is 25.4 Å². The van der Waals surface area contributed by atoms with Crippen LogP contribution in [-0.2, 0) is 15.7 Å². The molecule has 1 spiro atoms. The quantitative estimate of drug-likeness (QED) is 0.792. The second-order valence-corrected chi connectivity index (χ2v) is 5.46. The highest BCUT2D eigenvalue weighted by Crippen LogP contribution is 2.32. The summed E-state index contributed by atoms with van der Waals surface area (Å²) >= 11 is 0. The molecule has 1 aromatic rings. The van der Waals surface area contributed by atoms with E-state index >= 15 is 0 Å². The molecule has 2 aliphatic heterocycles. The number of hydrogen-bond donors (Lipinski definition) is 0. The van der Waals surface area contributed by atoms with Crippen molar-refractivity contribution in [3.8, 4) is 0 Å². The lowest BCUT2D eigenvalue weighted by atomic mass is 9.94. The molecule has 3 heterocycles. The lowest BCUT2D eigenvalue weighted by Gasteiger charge is -2.43. The molecule has 120 valence electrons. The Kier molecular flexibility index (Phi) is 3.82. The number of rotatable bonds is 1. The first-order chi connectivity index (χ1) is 10.4. The van der Waals surface area contributed by atoms with E-state index in [1.54, 1.807) is 4.90 Å². The molecule has 0 bridgehead atoms. The van der Waals surface area contributed by atoms with Crippen LogP contribution in [0.2, 0.25) is 0 Å². The van der Waals surface area contributed by atoms with Gasteiger partial charge in [-0.2, -0.15) is 13.2 Å². The van der Waals surface area contributed by atoms with Gasteiger partial charge in [0.2, 0.25) is 0 Å². The molecule has 22 heavy (non-hydrogen) atoms. The van der Waals surface area contributed by atoms with Crippen LogP contribution in [0.3, 0.4) is 0 Å². The highest BCUT2D eigenvalue weighted by Gasteiger charge is 2.46. The Morgan fingerprint density at radius 3 is 2.68 bits per heavy atom. The van der Waals surface area contributed by atoms with Gasteiger partial charge in [-0.1, -0.05) is 0 Å². The molecular formula is C14H15F3N2O3. The summed E-state index contributed by atoms with van der Waals surface area (Å²) in [5, 5.41) is 0. The van der Waals surface area contributed by atoms with Gasteiger partial charge in [0.15, 0.2) is 0 Å². The summed E-state index contributed by atoms with van der Waals surface area (Å²) in [7, 11) is 0. The minimum atomic E-state index is -4.57. The summed E-state index contributed by atoms with van der Waals surface area (Å²) in [6.45, 7) is 1.90. The molecule has 3 rings (SSSR count). The SMILES string of the molecule is O=C(c1ccnc(C(F)(F)F)c1)N1CCOCC12CCOC2. The van der Waals surface area contributed by atoms with Gasteiger partial charge in [0, 0.05) is 24.9 Å². The standard InChI is InChI=1S/C14H15F3N2O3/c15-14(16,17)11-7-10(1-3-18-11)12(20)19-4-6-22-9-13(19)2-5-21-8-13/h1,3,7H,2,4-6,8-9H2. The number of alkyl halides is 3. The molecule has 1 aromatic heterocycles. The molecule has 1 unspecified atom stereocenters. The van der Waals surface area contributed by atoms with Crippen LogP contribution in [-0.4, -0.2) is 54.3 Å². The zero-order chi connectivity index (χ0) is 15.8. The molecule has 8 heteroatoms. The summed E-state index contributed by atoms with van der Waals surface area (Å²) < 4.78 is 49.0. The highest BCUT2D eigenvalue weighted by molar-refractivity contribution is 5.95. The van der Waals surface area contributed by atoms with E-state index in [4.69, 9.17) is 9.47 Å². The number of pyridine rings is 1. The van der Waals surface area contributed by atoms with Crippen molar-refractivity contribution < 1.29 is 27.4 Å². The molecular weight excluding hydrogens is 301 g/mol. The van der Waals surface area contributed by atoms with Crippen LogP contribution < -0.4 is 0 Å². The Balaban J connectivity index is 1.89. The van der Waals surface area contributed by atoms with E-state index in [1.165, 1.54) is 6.07 Å². The van der Waals surface area contributed by atoms with E-state index in [2.05, 4.69) is 4.98 Å². The number of nitrogens with zero attached hydrogens (tertiary/aromatic N) is 2. The monoisotopic (exact) mass is 316 g/mol. The summed E-state index contributed by atoms with van der Waals surface area (Å²) in [6.07, 6.45) is -2.94. The van der Waals surface area contributed by atoms with Crippen molar-refractivity contribution in [2.75, 3.05) is 33.0 Å². The van der Waals surface area contributed by atoms with E-state index in [9.17, 15) is 18.0 Å². The second-order valence-electron chi connectivity index (χ2n) is 5.46. The molecule has 5 nitrogen and oxygen atoms in total. The van der Waals surface area contributed by atoms with Crippen LogP contribution in [0.1, 0.15) is 22.5 Å². The number of halogens is 3. The fourth-order valence-corrected chi connectivity index (χ4v) is 2.85. The Labute approximate surface area is 125 Å². The Morgan fingerprint density at radius 1 is 1.27 bits per heavy atom. The fourth-order valence-electron chi connectivity index (χ4n) is 2.85. The summed E-state index contributed by atoms with van der Waals surface area (Å²) in [6, 6.07) is 2.10. The highest BCUT2D eigenvalue weighted by atomic mass is 19.4. The van der Waals surface area contributed by atoms with Crippen molar-refractivity contribution in [2.24, 2.45) is 0 Å². The Bertz CT molecular complexity index is 571. The molecule has 0 radical (unpaired) electrons. The molecule has 2 aliphatic rings. The number of morpholine rings is 1. The van der Waals surface area contributed by atoms with Gasteiger partial charge in [-0.05, 0) is 18.6 Å². The number of aromatic nitrogens is 1. The third-order valence-corrected chi connectivity index (χ3v) is 4.03. The number of ether oxygens (including phenoxy) is 2. The first-order valence-corrected chi connectivity index (χ1v) is 6.93. The third kappa shape index (κ3) is 2.68. The van der Waals surface area contributed by atoms with Crippen LogP contribution in [0, 0.1) is 0 Å². The van der Waals surface area contributed by atoms with E-state index in [-0.39, 0.29) is 5.56 Å². The minimum Gasteiger partial charge on any atom is -0.379 e.